The summed E-state index contributed by atoms with van der Waals surface area (Å²) in [5.74, 6) is 1.32. The van der Waals surface area contributed by atoms with Gasteiger partial charge < -0.3 is 14.2 Å². The lowest BCUT2D eigenvalue weighted by Gasteiger charge is -2.24. The molecule has 0 aliphatic heterocycles. The summed E-state index contributed by atoms with van der Waals surface area (Å²) in [5, 5.41) is 10.8. The molecule has 4 heteroatoms. The van der Waals surface area contributed by atoms with E-state index in [0.717, 1.165) is 41.7 Å². The number of phenols is 1. The molecule has 2 aromatic carbocycles. The van der Waals surface area contributed by atoms with Crippen LogP contribution < -0.4 is 4.52 Å². The zero-order chi connectivity index (χ0) is 20.1. The highest BCUT2D eigenvalue weighted by atomic mass is 31.2. The van der Waals surface area contributed by atoms with Gasteiger partial charge in [0.25, 0.3) is 0 Å². The lowest BCUT2D eigenvalue weighted by Crippen LogP contribution is -2.05. The molecule has 27 heavy (non-hydrogen) atoms. The first-order valence-corrected chi connectivity index (χ1v) is 11.4. The molecule has 0 radical (unpaired) electrons. The van der Waals surface area contributed by atoms with E-state index in [-0.39, 0.29) is 5.92 Å². The second-order valence-electron chi connectivity index (χ2n) is 7.23. The van der Waals surface area contributed by atoms with E-state index in [1.807, 2.05) is 13.6 Å². The molecule has 0 saturated carbocycles. The second-order valence-corrected chi connectivity index (χ2v) is 8.66. The fourth-order valence-corrected chi connectivity index (χ4v) is 4.11. The maximum absolute atomic E-state index is 10.8. The van der Waals surface area contributed by atoms with E-state index in [4.69, 9.17) is 9.05 Å². The quantitative estimate of drug-likeness (QED) is 0.515. The maximum Gasteiger partial charge on any atom is 0.226 e. The molecule has 2 rings (SSSR count). The molecule has 2 aromatic rings. The van der Waals surface area contributed by atoms with Gasteiger partial charge in [-0.1, -0.05) is 57.0 Å². The molecular formula is C23H33O3P. The molecule has 0 saturated heterocycles. The van der Waals surface area contributed by atoms with Crippen molar-refractivity contribution in [3.63, 3.8) is 0 Å². The van der Waals surface area contributed by atoms with Gasteiger partial charge in [0.05, 0.1) is 0 Å². The largest absolute Gasteiger partial charge is 0.507 e. The lowest BCUT2D eigenvalue weighted by atomic mass is 9.86. The molecule has 3 nitrogen and oxygen atoms in total. The van der Waals surface area contributed by atoms with E-state index in [0.29, 0.717) is 5.75 Å². The first kappa shape index (κ1) is 21.7. The Kier molecular flexibility index (Phi) is 7.70. The summed E-state index contributed by atoms with van der Waals surface area (Å²) in [4.78, 5) is 0. The minimum Gasteiger partial charge on any atom is -0.507 e. The van der Waals surface area contributed by atoms with Gasteiger partial charge >= 0.3 is 0 Å². The third kappa shape index (κ3) is 5.03. The van der Waals surface area contributed by atoms with Crippen molar-refractivity contribution in [1.29, 1.82) is 0 Å². The zero-order valence-electron chi connectivity index (χ0n) is 17.7. The smallest absolute Gasteiger partial charge is 0.226 e. The average molecular weight is 388 g/mol. The minimum atomic E-state index is -0.984. The van der Waals surface area contributed by atoms with Gasteiger partial charge in [0.15, 0.2) is 0 Å². The van der Waals surface area contributed by atoms with Crippen molar-refractivity contribution < 1.29 is 14.2 Å². The van der Waals surface area contributed by atoms with Crippen molar-refractivity contribution in [2.75, 3.05) is 13.8 Å². The highest BCUT2D eigenvalue weighted by Crippen LogP contribution is 2.44. The Hall–Kier alpha value is -1.57. The standard InChI is InChI=1S/C23H33O3P/c1-8-10-18-13-16(4)22(24)20(14-18)17(5)21-12-15(3)11-19(9-2)23(21)26-27(7)25-6/h11-14,17,24H,8-10H2,1-7H3. The zero-order valence-corrected chi connectivity index (χ0v) is 18.6. The molecule has 1 N–H and O–H groups in total. The highest BCUT2D eigenvalue weighted by molar-refractivity contribution is 7.46. The maximum atomic E-state index is 10.8. The van der Waals surface area contributed by atoms with Crippen LogP contribution in [-0.4, -0.2) is 18.9 Å². The summed E-state index contributed by atoms with van der Waals surface area (Å²) in [5.41, 5.74) is 6.68. The second kappa shape index (κ2) is 9.57. The molecule has 148 valence electrons. The van der Waals surface area contributed by atoms with Crippen LogP contribution in [0.5, 0.6) is 11.5 Å². The molecule has 0 bridgehead atoms. The molecule has 0 aliphatic carbocycles. The van der Waals surface area contributed by atoms with Crippen LogP contribution >= 0.6 is 8.38 Å². The van der Waals surface area contributed by atoms with Crippen molar-refractivity contribution >= 4 is 8.38 Å². The highest BCUT2D eigenvalue weighted by Gasteiger charge is 2.22. The Balaban J connectivity index is 2.61. The van der Waals surface area contributed by atoms with Gasteiger partial charge in [0.1, 0.15) is 11.5 Å². The van der Waals surface area contributed by atoms with Crippen molar-refractivity contribution in [2.24, 2.45) is 0 Å². The molecule has 0 spiro atoms. The molecule has 0 fully saturated rings. The average Bonchev–Trinajstić information content (AvgIpc) is 2.64. The van der Waals surface area contributed by atoms with Gasteiger partial charge in [-0.05, 0) is 43.4 Å². The topological polar surface area (TPSA) is 38.7 Å². The normalized spacial score (nSPS) is 13.4. The number of phenolic OH excluding ortho intramolecular Hbond substituents is 1. The van der Waals surface area contributed by atoms with Gasteiger partial charge in [-0.3, -0.25) is 0 Å². The fourth-order valence-electron chi connectivity index (χ4n) is 3.55. The van der Waals surface area contributed by atoms with Crippen molar-refractivity contribution in [3.8, 4) is 11.5 Å². The van der Waals surface area contributed by atoms with Crippen LogP contribution in [0.3, 0.4) is 0 Å². The lowest BCUT2D eigenvalue weighted by molar-refractivity contribution is 0.397. The van der Waals surface area contributed by atoms with Crippen LogP contribution in [0.1, 0.15) is 66.5 Å². The third-order valence-electron chi connectivity index (χ3n) is 5.06. The number of hydrogen-bond donors (Lipinski definition) is 1. The number of benzene rings is 2. The van der Waals surface area contributed by atoms with Crippen molar-refractivity contribution in [1.82, 2.24) is 0 Å². The van der Waals surface area contributed by atoms with Gasteiger partial charge in [-0.25, -0.2) is 0 Å². The molecule has 2 atom stereocenters. The summed E-state index contributed by atoms with van der Waals surface area (Å²) >= 11 is 0. The van der Waals surface area contributed by atoms with Crippen LogP contribution in [-0.2, 0) is 17.4 Å². The van der Waals surface area contributed by atoms with Gasteiger partial charge in [0, 0.05) is 30.8 Å². The van der Waals surface area contributed by atoms with Crippen LogP contribution in [0.15, 0.2) is 24.3 Å². The Morgan fingerprint density at radius 3 is 2.37 bits per heavy atom. The summed E-state index contributed by atoms with van der Waals surface area (Å²) in [6, 6.07) is 8.61. The molecule has 2 unspecified atom stereocenters. The van der Waals surface area contributed by atoms with E-state index >= 15 is 0 Å². The van der Waals surface area contributed by atoms with Crippen molar-refractivity contribution in [3.05, 3.63) is 57.6 Å². The summed E-state index contributed by atoms with van der Waals surface area (Å²) in [6.45, 7) is 12.5. The molecular weight excluding hydrogens is 355 g/mol. The van der Waals surface area contributed by atoms with Gasteiger partial charge in [-0.2, -0.15) is 0 Å². The molecule has 0 amide bonds. The number of aryl methyl sites for hydroxylation is 4. The summed E-state index contributed by atoms with van der Waals surface area (Å²) in [7, 11) is 0.694. The van der Waals surface area contributed by atoms with Crippen LogP contribution in [0.2, 0.25) is 0 Å². The summed E-state index contributed by atoms with van der Waals surface area (Å²) in [6.07, 6.45) is 3.00. The van der Waals surface area contributed by atoms with Crippen LogP contribution in [0.4, 0.5) is 0 Å². The Bertz CT molecular complexity index is 786. The van der Waals surface area contributed by atoms with E-state index in [1.165, 1.54) is 16.7 Å². The van der Waals surface area contributed by atoms with E-state index in [9.17, 15) is 5.11 Å². The summed E-state index contributed by atoms with van der Waals surface area (Å²) < 4.78 is 11.6. The molecule has 0 aliphatic rings. The van der Waals surface area contributed by atoms with Gasteiger partial charge in [0.2, 0.25) is 8.38 Å². The minimum absolute atomic E-state index is 0.0287. The molecule has 0 aromatic heterocycles. The van der Waals surface area contributed by atoms with Crippen LogP contribution in [0, 0.1) is 13.8 Å². The predicted octanol–water partition coefficient (Wildman–Crippen LogP) is 6.64. The fraction of sp³-hybridized carbons (Fsp3) is 0.478. The Morgan fingerprint density at radius 1 is 1.07 bits per heavy atom. The first-order valence-electron chi connectivity index (χ1n) is 9.73. The number of rotatable bonds is 8. The van der Waals surface area contributed by atoms with Crippen LogP contribution in [0.25, 0.3) is 0 Å². The Labute approximate surface area is 165 Å². The number of hydrogen-bond acceptors (Lipinski definition) is 3. The van der Waals surface area contributed by atoms with Gasteiger partial charge in [-0.15, -0.1) is 0 Å². The number of aromatic hydroxyl groups is 1. The predicted molar refractivity (Wildman–Crippen MR) is 115 cm³/mol. The molecule has 0 heterocycles. The monoisotopic (exact) mass is 388 g/mol. The van der Waals surface area contributed by atoms with E-state index < -0.39 is 8.38 Å². The van der Waals surface area contributed by atoms with E-state index in [2.05, 4.69) is 52.0 Å². The SMILES string of the molecule is CCCc1cc(C)c(O)c(C(C)c2cc(C)cc(CC)c2OP(C)OC)c1. The third-order valence-corrected chi connectivity index (χ3v) is 6.01. The Morgan fingerprint density at radius 2 is 1.78 bits per heavy atom. The first-order chi connectivity index (χ1) is 12.8. The van der Waals surface area contributed by atoms with Crippen molar-refractivity contribution in [2.45, 2.75) is 59.8 Å². The van der Waals surface area contributed by atoms with E-state index in [1.54, 1.807) is 7.11 Å².